The number of nitriles is 2. The summed E-state index contributed by atoms with van der Waals surface area (Å²) >= 11 is 3.41. The number of halogens is 1. The van der Waals surface area contributed by atoms with Gasteiger partial charge >= 0.3 is 0 Å². The van der Waals surface area contributed by atoms with Crippen molar-refractivity contribution in [3.63, 3.8) is 0 Å². The van der Waals surface area contributed by atoms with Gasteiger partial charge < -0.3 is 20.3 Å². The number of rotatable bonds is 9. The Morgan fingerprint density at radius 1 is 1.18 bits per heavy atom. The van der Waals surface area contributed by atoms with E-state index < -0.39 is 0 Å². The average Bonchev–Trinajstić information content (AvgIpc) is 3.13. The molecule has 3 aromatic rings. The Morgan fingerprint density at radius 3 is 2.58 bits per heavy atom. The van der Waals surface area contributed by atoms with Crippen molar-refractivity contribution in [2.45, 2.75) is 20.1 Å². The minimum Gasteiger partial charge on any atom is -0.490 e. The molecule has 0 atom stereocenters. The summed E-state index contributed by atoms with van der Waals surface area (Å²) in [4.78, 5) is 0. The minimum atomic E-state index is -0.193. The Balaban J connectivity index is 1.91. The van der Waals surface area contributed by atoms with E-state index in [1.54, 1.807) is 24.3 Å². The largest absolute Gasteiger partial charge is 0.490 e. The summed E-state index contributed by atoms with van der Waals surface area (Å²) in [7, 11) is 0. The van der Waals surface area contributed by atoms with Crippen molar-refractivity contribution >= 4 is 33.4 Å². The highest BCUT2D eigenvalue weighted by Crippen LogP contribution is 2.32. The monoisotopic (exact) mass is 507 g/mol. The van der Waals surface area contributed by atoms with Crippen LogP contribution in [0.15, 0.2) is 46.9 Å². The SMILES string of the molecule is CCOc1cc(C=C(C#N)c2nn(CCO)c(N)c2C#N)ccc1OCc1ccc(Br)cc1. The molecule has 0 spiro atoms. The van der Waals surface area contributed by atoms with Crippen LogP contribution in [0.3, 0.4) is 0 Å². The molecule has 0 radical (unpaired) electrons. The molecule has 0 amide bonds. The molecule has 0 bridgehead atoms. The van der Waals surface area contributed by atoms with Crippen LogP contribution in [0.4, 0.5) is 5.82 Å². The fourth-order valence-electron chi connectivity index (χ4n) is 3.10. The van der Waals surface area contributed by atoms with Crippen LogP contribution in [0.25, 0.3) is 11.6 Å². The van der Waals surface area contributed by atoms with Gasteiger partial charge in [0.05, 0.1) is 25.3 Å². The zero-order chi connectivity index (χ0) is 23.8. The first-order valence-corrected chi connectivity index (χ1v) is 10.9. The Hall–Kier alpha value is -3.79. The highest BCUT2D eigenvalue weighted by atomic mass is 79.9. The van der Waals surface area contributed by atoms with Crippen molar-refractivity contribution in [3.8, 4) is 23.6 Å². The second kappa shape index (κ2) is 11.2. The molecule has 0 aliphatic heterocycles. The van der Waals surface area contributed by atoms with Crippen molar-refractivity contribution < 1.29 is 14.6 Å². The first kappa shape index (κ1) is 23.9. The van der Waals surface area contributed by atoms with Crippen molar-refractivity contribution in [1.82, 2.24) is 9.78 Å². The number of anilines is 1. The molecule has 8 nitrogen and oxygen atoms in total. The first-order valence-electron chi connectivity index (χ1n) is 10.1. The van der Waals surface area contributed by atoms with Crippen molar-refractivity contribution in [2.24, 2.45) is 0 Å². The summed E-state index contributed by atoms with van der Waals surface area (Å²) in [5.41, 5.74) is 8.06. The second-order valence-electron chi connectivity index (χ2n) is 6.89. The van der Waals surface area contributed by atoms with Gasteiger partial charge in [-0.1, -0.05) is 34.1 Å². The van der Waals surface area contributed by atoms with Crippen LogP contribution < -0.4 is 15.2 Å². The van der Waals surface area contributed by atoms with E-state index in [-0.39, 0.29) is 35.8 Å². The van der Waals surface area contributed by atoms with Gasteiger partial charge in [0, 0.05) is 4.47 Å². The number of ether oxygens (including phenoxy) is 2. The highest BCUT2D eigenvalue weighted by Gasteiger charge is 2.19. The molecule has 3 N–H and O–H groups in total. The van der Waals surface area contributed by atoms with Gasteiger partial charge in [-0.2, -0.15) is 15.6 Å². The highest BCUT2D eigenvalue weighted by molar-refractivity contribution is 9.10. The number of nitrogens with two attached hydrogens (primary N) is 1. The van der Waals surface area contributed by atoms with Gasteiger partial charge in [-0.05, 0) is 48.4 Å². The normalized spacial score (nSPS) is 11.0. The fraction of sp³-hybridized carbons (Fsp3) is 0.208. The van der Waals surface area contributed by atoms with E-state index in [2.05, 4.69) is 27.1 Å². The zero-order valence-corrected chi connectivity index (χ0v) is 19.5. The Kier molecular flexibility index (Phi) is 8.09. The molecule has 0 saturated heterocycles. The van der Waals surface area contributed by atoms with E-state index in [0.29, 0.717) is 30.3 Å². The lowest BCUT2D eigenvalue weighted by Gasteiger charge is -2.13. The number of aromatic nitrogens is 2. The maximum atomic E-state index is 9.72. The van der Waals surface area contributed by atoms with E-state index in [4.69, 9.17) is 15.2 Å². The van der Waals surface area contributed by atoms with Gasteiger partial charge in [0.25, 0.3) is 0 Å². The number of allylic oxidation sites excluding steroid dienone is 1. The first-order chi connectivity index (χ1) is 16.0. The van der Waals surface area contributed by atoms with Gasteiger partial charge in [0.1, 0.15) is 35.8 Å². The zero-order valence-electron chi connectivity index (χ0n) is 18.0. The van der Waals surface area contributed by atoms with Crippen molar-refractivity contribution in [3.05, 3.63) is 69.3 Å². The third kappa shape index (κ3) is 5.72. The number of nitrogen functional groups attached to an aromatic ring is 1. The number of nitrogens with zero attached hydrogens (tertiary/aromatic N) is 4. The van der Waals surface area contributed by atoms with Crippen LogP contribution in [-0.4, -0.2) is 28.1 Å². The van der Waals surface area contributed by atoms with Crippen LogP contribution in [0, 0.1) is 22.7 Å². The number of aliphatic hydroxyl groups excluding tert-OH is 1. The summed E-state index contributed by atoms with van der Waals surface area (Å²) < 4.78 is 14.0. The number of hydrogen-bond acceptors (Lipinski definition) is 7. The summed E-state index contributed by atoms with van der Waals surface area (Å²) in [6.45, 7) is 2.61. The lowest BCUT2D eigenvalue weighted by molar-refractivity contribution is 0.269. The van der Waals surface area contributed by atoms with E-state index in [1.807, 2.05) is 37.3 Å². The van der Waals surface area contributed by atoms with E-state index >= 15 is 0 Å². The number of hydrogen-bond donors (Lipinski definition) is 2. The molecule has 168 valence electrons. The molecular formula is C24H22BrN5O3. The van der Waals surface area contributed by atoms with Gasteiger partial charge in [-0.15, -0.1) is 0 Å². The van der Waals surface area contributed by atoms with Crippen LogP contribution in [0.1, 0.15) is 29.3 Å². The van der Waals surface area contributed by atoms with Crippen LogP contribution in [-0.2, 0) is 13.2 Å². The summed E-state index contributed by atoms with van der Waals surface area (Å²) in [6, 6.07) is 17.2. The average molecular weight is 508 g/mol. The van der Waals surface area contributed by atoms with Gasteiger partial charge in [-0.3, -0.25) is 0 Å². The van der Waals surface area contributed by atoms with Gasteiger partial charge in [0.15, 0.2) is 11.5 Å². The van der Waals surface area contributed by atoms with E-state index in [9.17, 15) is 15.6 Å². The van der Waals surface area contributed by atoms with Crippen LogP contribution in [0.2, 0.25) is 0 Å². The molecule has 33 heavy (non-hydrogen) atoms. The minimum absolute atomic E-state index is 0.0933. The molecule has 9 heteroatoms. The lowest BCUT2D eigenvalue weighted by Crippen LogP contribution is -2.07. The standard InChI is InChI=1S/C24H22BrN5O3/c1-2-32-22-12-17(5-8-21(22)33-15-16-3-6-19(25)7-4-16)11-18(13-26)23-20(14-27)24(28)30(29-23)9-10-31/h3-8,11-12,31H,2,9-10,15,28H2,1H3. The quantitative estimate of drug-likeness (QED) is 0.416. The predicted octanol–water partition coefficient (Wildman–Crippen LogP) is 4.13. The molecule has 0 fully saturated rings. The van der Waals surface area contributed by atoms with Crippen LogP contribution >= 0.6 is 15.9 Å². The van der Waals surface area contributed by atoms with Crippen molar-refractivity contribution in [1.29, 1.82) is 10.5 Å². The smallest absolute Gasteiger partial charge is 0.161 e. The molecule has 1 aromatic heterocycles. The molecule has 3 rings (SSSR count). The summed E-state index contributed by atoms with van der Waals surface area (Å²) in [6.07, 6.45) is 1.60. The maximum Gasteiger partial charge on any atom is 0.161 e. The third-order valence-corrected chi connectivity index (χ3v) is 5.21. The molecule has 1 heterocycles. The molecule has 0 saturated carbocycles. The maximum absolute atomic E-state index is 9.72. The topological polar surface area (TPSA) is 130 Å². The molecule has 0 aliphatic rings. The van der Waals surface area contributed by atoms with Crippen LogP contribution in [0.5, 0.6) is 11.5 Å². The summed E-state index contributed by atoms with van der Waals surface area (Å²) in [5, 5.41) is 32.6. The fourth-order valence-corrected chi connectivity index (χ4v) is 3.37. The molecule has 0 aliphatic carbocycles. The number of aliphatic hydroxyl groups is 1. The molecule has 0 unspecified atom stereocenters. The predicted molar refractivity (Wildman–Crippen MR) is 128 cm³/mol. The molecule has 2 aromatic carbocycles. The summed E-state index contributed by atoms with van der Waals surface area (Å²) in [5.74, 6) is 1.21. The van der Waals surface area contributed by atoms with Crippen molar-refractivity contribution in [2.75, 3.05) is 18.9 Å². The Labute approximate surface area is 200 Å². The lowest BCUT2D eigenvalue weighted by atomic mass is 10.1. The van der Waals surface area contributed by atoms with Gasteiger partial charge in [0.2, 0.25) is 0 Å². The Morgan fingerprint density at radius 2 is 1.94 bits per heavy atom. The number of benzene rings is 2. The van der Waals surface area contributed by atoms with Gasteiger partial charge in [-0.25, -0.2) is 4.68 Å². The third-order valence-electron chi connectivity index (χ3n) is 4.68. The second-order valence-corrected chi connectivity index (χ2v) is 7.81. The van der Waals surface area contributed by atoms with E-state index in [1.165, 1.54) is 4.68 Å². The Bertz CT molecular complexity index is 1240. The molecular weight excluding hydrogens is 486 g/mol. The van der Waals surface area contributed by atoms with E-state index in [0.717, 1.165) is 10.0 Å².